The van der Waals surface area contributed by atoms with Crippen LogP contribution in [0, 0.1) is 16.7 Å². The topological polar surface area (TPSA) is 87.8 Å². The molecule has 0 spiro atoms. The van der Waals surface area contributed by atoms with Gasteiger partial charge in [0.1, 0.15) is 10.9 Å². The number of nitrogens with one attached hydrogen (secondary N) is 1. The van der Waals surface area contributed by atoms with Crippen LogP contribution in [0.3, 0.4) is 0 Å². The second-order valence-corrected chi connectivity index (χ2v) is 7.75. The van der Waals surface area contributed by atoms with Crippen molar-refractivity contribution >= 4 is 10.0 Å². The van der Waals surface area contributed by atoms with Gasteiger partial charge in [0.2, 0.25) is 10.0 Å². The van der Waals surface area contributed by atoms with Crippen molar-refractivity contribution < 1.29 is 8.42 Å². The number of aromatic nitrogens is 2. The van der Waals surface area contributed by atoms with Crippen molar-refractivity contribution in [3.63, 3.8) is 0 Å². The van der Waals surface area contributed by atoms with Gasteiger partial charge in [-0.1, -0.05) is 34.6 Å². The monoisotopic (exact) mass is 312 g/mol. The van der Waals surface area contributed by atoms with Gasteiger partial charge in [-0.05, 0) is 18.3 Å². The van der Waals surface area contributed by atoms with Crippen LogP contribution in [-0.2, 0) is 29.9 Å². The summed E-state index contributed by atoms with van der Waals surface area (Å²) in [6, 6.07) is 1.24. The Kier molecular flexibility index (Phi) is 5.18. The highest BCUT2D eigenvalue weighted by Gasteiger charge is 2.33. The van der Waals surface area contributed by atoms with Gasteiger partial charge in [0.25, 0.3) is 0 Å². The number of rotatable bonds is 5. The smallest absolute Gasteiger partial charge is 0.245 e. The fourth-order valence-corrected chi connectivity index (χ4v) is 4.06. The third-order valence-electron chi connectivity index (χ3n) is 3.39. The van der Waals surface area contributed by atoms with Gasteiger partial charge in [-0.25, -0.2) is 8.42 Å². The summed E-state index contributed by atoms with van der Waals surface area (Å²) in [4.78, 5) is 0.222. The maximum atomic E-state index is 12.7. The number of hydrogen-bond donors (Lipinski definition) is 1. The molecule has 0 aliphatic carbocycles. The van der Waals surface area contributed by atoms with Crippen LogP contribution in [0.2, 0.25) is 0 Å². The molecule has 0 aliphatic rings. The quantitative estimate of drug-likeness (QED) is 0.897. The Labute approximate surface area is 127 Å². The zero-order valence-corrected chi connectivity index (χ0v) is 14.4. The highest BCUT2D eigenvalue weighted by atomic mass is 32.2. The van der Waals surface area contributed by atoms with Gasteiger partial charge in [-0.2, -0.15) is 15.1 Å². The predicted molar refractivity (Wildman–Crippen MR) is 81.1 cm³/mol. The van der Waals surface area contributed by atoms with Crippen LogP contribution in [0.25, 0.3) is 0 Å². The van der Waals surface area contributed by atoms with Gasteiger partial charge in [0, 0.05) is 7.05 Å². The molecule has 0 aromatic carbocycles. The third-order valence-corrected chi connectivity index (χ3v) is 4.95. The van der Waals surface area contributed by atoms with Crippen LogP contribution < -0.4 is 4.72 Å². The highest BCUT2D eigenvalue weighted by Crippen LogP contribution is 2.25. The van der Waals surface area contributed by atoms with Gasteiger partial charge in [-0.3, -0.25) is 4.68 Å². The van der Waals surface area contributed by atoms with Crippen molar-refractivity contribution in [3.8, 4) is 6.07 Å². The first kappa shape index (κ1) is 17.7. The molecule has 0 fully saturated rings. The molecular weight excluding hydrogens is 288 g/mol. The zero-order valence-electron chi connectivity index (χ0n) is 13.6. The van der Waals surface area contributed by atoms with E-state index in [0.29, 0.717) is 24.2 Å². The first-order chi connectivity index (χ1) is 9.58. The van der Waals surface area contributed by atoms with Crippen molar-refractivity contribution in [3.05, 3.63) is 11.4 Å². The summed E-state index contributed by atoms with van der Waals surface area (Å²) in [5, 5.41) is 13.5. The molecule has 1 heterocycles. The molecule has 6 nitrogen and oxygen atoms in total. The van der Waals surface area contributed by atoms with Gasteiger partial charge >= 0.3 is 0 Å². The molecule has 1 N–H and O–H groups in total. The van der Waals surface area contributed by atoms with E-state index < -0.39 is 21.5 Å². The minimum absolute atomic E-state index is 0.222. The molecule has 0 radical (unpaired) electrons. The Morgan fingerprint density at radius 1 is 1.33 bits per heavy atom. The number of nitriles is 1. The lowest BCUT2D eigenvalue weighted by molar-refractivity contribution is 0.350. The maximum absolute atomic E-state index is 12.7. The molecule has 0 aliphatic heterocycles. The molecule has 1 aromatic rings. The number of hydrogen-bond acceptors (Lipinski definition) is 4. The fourth-order valence-electron chi connectivity index (χ4n) is 2.14. The van der Waals surface area contributed by atoms with E-state index in [1.165, 1.54) is 0 Å². The SMILES string of the molecule is CCc1nn(C)c(CC)c1S(=O)(=O)N[C@@H](C#N)C(C)(C)C. The summed E-state index contributed by atoms with van der Waals surface area (Å²) in [7, 11) is -2.04. The zero-order chi connectivity index (χ0) is 16.4. The molecule has 1 rings (SSSR count). The molecule has 0 bridgehead atoms. The molecule has 1 atom stereocenters. The molecule has 0 saturated carbocycles. The van der Waals surface area contributed by atoms with Crippen LogP contribution in [-0.4, -0.2) is 24.2 Å². The van der Waals surface area contributed by atoms with Crippen LogP contribution in [0.15, 0.2) is 4.90 Å². The van der Waals surface area contributed by atoms with E-state index in [-0.39, 0.29) is 4.90 Å². The van der Waals surface area contributed by atoms with Crippen molar-refractivity contribution in [1.82, 2.24) is 14.5 Å². The highest BCUT2D eigenvalue weighted by molar-refractivity contribution is 7.89. The summed E-state index contributed by atoms with van der Waals surface area (Å²) >= 11 is 0. The molecule has 0 saturated heterocycles. The Bertz CT molecular complexity index is 648. The van der Waals surface area contributed by atoms with Crippen LogP contribution >= 0.6 is 0 Å². The normalized spacial score (nSPS) is 14.0. The van der Waals surface area contributed by atoms with Crippen LogP contribution in [0.5, 0.6) is 0 Å². The molecule has 118 valence electrons. The Morgan fingerprint density at radius 3 is 2.29 bits per heavy atom. The van der Waals surface area contributed by atoms with Gasteiger partial charge < -0.3 is 0 Å². The lowest BCUT2D eigenvalue weighted by Crippen LogP contribution is -2.43. The molecule has 0 amide bonds. The molecular formula is C14H24N4O2S. The standard InChI is InChI=1S/C14H24N4O2S/c1-7-10-13(11(8-2)18(6)16-10)21(19,20)17-12(9-15)14(3,4)5/h12,17H,7-8H2,1-6H3/t12-/m0/s1. The minimum atomic E-state index is -3.78. The van der Waals surface area contributed by atoms with Crippen molar-refractivity contribution in [2.75, 3.05) is 0 Å². The van der Waals surface area contributed by atoms with Crippen LogP contribution in [0.4, 0.5) is 0 Å². The van der Waals surface area contributed by atoms with Crippen molar-refractivity contribution in [2.24, 2.45) is 12.5 Å². The average molecular weight is 312 g/mol. The molecule has 7 heteroatoms. The summed E-state index contributed by atoms with van der Waals surface area (Å²) in [6.07, 6.45) is 1.09. The first-order valence-electron chi connectivity index (χ1n) is 7.05. The second-order valence-electron chi connectivity index (χ2n) is 6.10. The lowest BCUT2D eigenvalue weighted by atomic mass is 9.88. The van der Waals surface area contributed by atoms with E-state index in [0.717, 1.165) is 0 Å². The summed E-state index contributed by atoms with van der Waals surface area (Å²) in [6.45, 7) is 9.24. The first-order valence-corrected chi connectivity index (χ1v) is 8.53. The Morgan fingerprint density at radius 2 is 1.90 bits per heavy atom. The van der Waals surface area contributed by atoms with Crippen molar-refractivity contribution in [1.29, 1.82) is 5.26 Å². The average Bonchev–Trinajstić information content (AvgIpc) is 2.71. The van der Waals surface area contributed by atoms with E-state index in [4.69, 9.17) is 0 Å². The predicted octanol–water partition coefficient (Wildman–Crippen LogP) is 1.76. The van der Waals surface area contributed by atoms with E-state index in [9.17, 15) is 13.7 Å². The Hall–Kier alpha value is -1.39. The van der Waals surface area contributed by atoms with Gasteiger partial charge in [0.15, 0.2) is 0 Å². The molecule has 1 aromatic heterocycles. The molecule has 0 unspecified atom stereocenters. The largest absolute Gasteiger partial charge is 0.271 e. The third kappa shape index (κ3) is 3.63. The van der Waals surface area contributed by atoms with Gasteiger partial charge in [-0.15, -0.1) is 0 Å². The maximum Gasteiger partial charge on any atom is 0.245 e. The van der Waals surface area contributed by atoms with E-state index >= 15 is 0 Å². The lowest BCUT2D eigenvalue weighted by Gasteiger charge is -2.25. The van der Waals surface area contributed by atoms with Crippen LogP contribution in [0.1, 0.15) is 46.0 Å². The second kappa shape index (κ2) is 6.16. The fraction of sp³-hybridized carbons (Fsp3) is 0.714. The number of sulfonamides is 1. The number of aryl methyl sites for hydroxylation is 2. The summed E-state index contributed by atoms with van der Waals surface area (Å²) < 4.78 is 29.5. The van der Waals surface area contributed by atoms with E-state index in [1.54, 1.807) is 11.7 Å². The van der Waals surface area contributed by atoms with Gasteiger partial charge in [0.05, 0.1) is 17.5 Å². The summed E-state index contributed by atoms with van der Waals surface area (Å²) in [5.74, 6) is 0. The minimum Gasteiger partial charge on any atom is -0.271 e. The molecule has 21 heavy (non-hydrogen) atoms. The summed E-state index contributed by atoms with van der Waals surface area (Å²) in [5.41, 5.74) is 0.709. The Balaban J connectivity index is 3.36. The van der Waals surface area contributed by atoms with E-state index in [2.05, 4.69) is 9.82 Å². The number of nitrogens with zero attached hydrogens (tertiary/aromatic N) is 3. The van der Waals surface area contributed by atoms with E-state index in [1.807, 2.05) is 40.7 Å². The van der Waals surface area contributed by atoms with Crippen molar-refractivity contribution in [2.45, 2.75) is 58.4 Å².